The number of hydrogen-bond donors (Lipinski definition) is 0. The average Bonchev–Trinajstić information content (AvgIpc) is 2.55. The monoisotopic (exact) mass is 314 g/mol. The molecule has 5 nitrogen and oxygen atoms in total. The van der Waals surface area contributed by atoms with Crippen molar-refractivity contribution in [3.8, 4) is 0 Å². The number of hydrogen-bond acceptors (Lipinski definition) is 5. The highest BCUT2D eigenvalue weighted by atomic mass is 32.2. The van der Waals surface area contributed by atoms with E-state index in [0.717, 1.165) is 23.1 Å². The van der Waals surface area contributed by atoms with E-state index >= 15 is 0 Å². The van der Waals surface area contributed by atoms with Crippen molar-refractivity contribution >= 4 is 17.9 Å². The molecule has 1 aromatic heterocycles. The van der Waals surface area contributed by atoms with Gasteiger partial charge in [-0.25, -0.2) is 9.78 Å². The molecule has 0 radical (unpaired) electrons. The highest BCUT2D eigenvalue weighted by Gasteiger charge is 2.19. The van der Waals surface area contributed by atoms with E-state index in [2.05, 4.69) is 30.3 Å². The van der Waals surface area contributed by atoms with Gasteiger partial charge in [0.25, 0.3) is 0 Å². The van der Waals surface area contributed by atoms with E-state index in [4.69, 9.17) is 9.47 Å². The van der Waals surface area contributed by atoms with Gasteiger partial charge in [-0.2, -0.15) is 0 Å². The zero-order valence-corrected chi connectivity index (χ0v) is 14.8. The van der Waals surface area contributed by atoms with Gasteiger partial charge in [0.1, 0.15) is 0 Å². The standard InChI is InChI=1S/C15H26N2O3S/c1-9(2)8-17-12(6)11(5)16-14(17)21-13(7)20-15(18)19-10(3)4/h9-10,13H,8H2,1-7H3. The Morgan fingerprint density at radius 1 is 1.19 bits per heavy atom. The van der Waals surface area contributed by atoms with E-state index in [1.165, 1.54) is 11.8 Å². The molecule has 0 aliphatic carbocycles. The molecule has 0 aromatic carbocycles. The summed E-state index contributed by atoms with van der Waals surface area (Å²) >= 11 is 1.43. The predicted molar refractivity (Wildman–Crippen MR) is 84.6 cm³/mol. The second-order valence-electron chi connectivity index (χ2n) is 5.79. The van der Waals surface area contributed by atoms with Crippen LogP contribution in [0.1, 0.15) is 46.0 Å². The molecule has 0 saturated carbocycles. The quantitative estimate of drug-likeness (QED) is 0.448. The van der Waals surface area contributed by atoms with E-state index in [1.807, 2.05) is 13.8 Å². The van der Waals surface area contributed by atoms with Crippen LogP contribution in [-0.4, -0.2) is 27.2 Å². The summed E-state index contributed by atoms with van der Waals surface area (Å²) in [4.78, 5) is 16.1. The molecule has 0 aliphatic heterocycles. The summed E-state index contributed by atoms with van der Waals surface area (Å²) in [6.07, 6.45) is -0.817. The van der Waals surface area contributed by atoms with Crippen LogP contribution in [-0.2, 0) is 16.0 Å². The van der Waals surface area contributed by atoms with Crippen molar-refractivity contribution in [2.75, 3.05) is 0 Å². The first-order valence-corrected chi connectivity index (χ1v) is 8.16. The number of imidazole rings is 1. The van der Waals surface area contributed by atoms with E-state index in [9.17, 15) is 4.79 Å². The number of rotatable bonds is 6. The van der Waals surface area contributed by atoms with E-state index < -0.39 is 6.16 Å². The van der Waals surface area contributed by atoms with Crippen molar-refractivity contribution in [2.45, 2.75) is 71.7 Å². The molecule has 1 unspecified atom stereocenters. The summed E-state index contributed by atoms with van der Waals surface area (Å²) in [6, 6.07) is 0. The highest BCUT2D eigenvalue weighted by molar-refractivity contribution is 7.99. The Balaban J connectivity index is 2.73. The lowest BCUT2D eigenvalue weighted by atomic mass is 10.2. The molecule has 0 spiro atoms. The lowest BCUT2D eigenvalue weighted by molar-refractivity contribution is 0.0311. The predicted octanol–water partition coefficient (Wildman–Crippen LogP) is 4.16. The molecule has 1 aromatic rings. The smallest absolute Gasteiger partial charge is 0.432 e. The van der Waals surface area contributed by atoms with Crippen LogP contribution >= 0.6 is 11.8 Å². The van der Waals surface area contributed by atoms with Crippen LogP contribution in [0.2, 0.25) is 0 Å². The third kappa shape index (κ3) is 5.61. The summed E-state index contributed by atoms with van der Waals surface area (Å²) < 4.78 is 12.4. The molecule has 0 N–H and O–H groups in total. The molecule has 6 heteroatoms. The zero-order valence-electron chi connectivity index (χ0n) is 14.0. The van der Waals surface area contributed by atoms with Gasteiger partial charge in [-0.05, 0) is 52.3 Å². The van der Waals surface area contributed by atoms with Crippen molar-refractivity contribution in [1.29, 1.82) is 0 Å². The minimum atomic E-state index is -0.639. The molecular formula is C15H26N2O3S. The number of ether oxygens (including phenoxy) is 2. The summed E-state index contributed by atoms with van der Waals surface area (Å²) in [5, 5.41) is 0.878. The minimum Gasteiger partial charge on any atom is -0.432 e. The van der Waals surface area contributed by atoms with Gasteiger partial charge in [-0.1, -0.05) is 13.8 Å². The fourth-order valence-electron chi connectivity index (χ4n) is 1.82. The number of carbonyl (C=O) groups excluding carboxylic acids is 1. The lowest BCUT2D eigenvalue weighted by Gasteiger charge is -2.16. The normalized spacial score (nSPS) is 12.8. The Hall–Kier alpha value is -1.17. The van der Waals surface area contributed by atoms with Gasteiger partial charge in [0.2, 0.25) is 0 Å². The van der Waals surface area contributed by atoms with Crippen molar-refractivity contribution in [1.82, 2.24) is 9.55 Å². The number of nitrogens with zero attached hydrogens (tertiary/aromatic N) is 2. The minimum absolute atomic E-state index is 0.179. The van der Waals surface area contributed by atoms with Gasteiger partial charge in [0, 0.05) is 12.2 Å². The molecule has 1 rings (SSSR count). The third-order valence-corrected chi connectivity index (χ3v) is 3.79. The van der Waals surface area contributed by atoms with E-state index in [-0.39, 0.29) is 11.5 Å². The van der Waals surface area contributed by atoms with Gasteiger partial charge in [-0.15, -0.1) is 0 Å². The summed E-state index contributed by atoms with van der Waals surface area (Å²) in [5.74, 6) is 0.527. The van der Waals surface area contributed by atoms with Gasteiger partial charge in [0.05, 0.1) is 11.8 Å². The van der Waals surface area contributed by atoms with Crippen LogP contribution in [0.4, 0.5) is 4.79 Å². The topological polar surface area (TPSA) is 53.4 Å². The van der Waals surface area contributed by atoms with Crippen molar-refractivity contribution in [3.63, 3.8) is 0 Å². The Bertz CT molecular complexity index is 484. The number of aromatic nitrogens is 2. The van der Waals surface area contributed by atoms with Crippen LogP contribution in [0.5, 0.6) is 0 Å². The largest absolute Gasteiger partial charge is 0.509 e. The Kier molecular flexibility index (Phi) is 6.58. The Morgan fingerprint density at radius 3 is 2.33 bits per heavy atom. The summed E-state index contributed by atoms with van der Waals surface area (Å²) in [7, 11) is 0. The molecule has 0 amide bonds. The van der Waals surface area contributed by atoms with Gasteiger partial charge >= 0.3 is 6.16 Å². The van der Waals surface area contributed by atoms with Crippen LogP contribution in [0, 0.1) is 19.8 Å². The average molecular weight is 314 g/mol. The van der Waals surface area contributed by atoms with Crippen molar-refractivity contribution < 1.29 is 14.3 Å². The van der Waals surface area contributed by atoms with Crippen LogP contribution in [0.3, 0.4) is 0 Å². The van der Waals surface area contributed by atoms with Crippen LogP contribution < -0.4 is 0 Å². The second-order valence-corrected chi connectivity index (χ2v) is 7.05. The fraction of sp³-hybridized carbons (Fsp3) is 0.733. The Labute approximate surface area is 131 Å². The highest BCUT2D eigenvalue weighted by Crippen LogP contribution is 2.27. The molecule has 1 atom stereocenters. The van der Waals surface area contributed by atoms with Gasteiger partial charge < -0.3 is 14.0 Å². The fourth-order valence-corrected chi connectivity index (χ4v) is 2.77. The molecule has 0 saturated heterocycles. The molecule has 21 heavy (non-hydrogen) atoms. The van der Waals surface area contributed by atoms with Crippen molar-refractivity contribution in [2.24, 2.45) is 5.92 Å². The summed E-state index contributed by atoms with van der Waals surface area (Å²) in [5.41, 5.74) is 1.82. The number of thioether (sulfide) groups is 1. The molecule has 0 fully saturated rings. The molecule has 1 heterocycles. The van der Waals surface area contributed by atoms with E-state index in [1.54, 1.807) is 13.8 Å². The van der Waals surface area contributed by atoms with Crippen LogP contribution in [0.15, 0.2) is 5.16 Å². The summed E-state index contributed by atoms with van der Waals surface area (Å²) in [6.45, 7) is 14.7. The number of carbonyl (C=O) groups is 1. The Morgan fingerprint density at radius 2 is 1.81 bits per heavy atom. The molecular weight excluding hydrogens is 288 g/mol. The second kappa shape index (κ2) is 7.73. The van der Waals surface area contributed by atoms with E-state index in [0.29, 0.717) is 5.92 Å². The maximum Gasteiger partial charge on any atom is 0.509 e. The molecule has 120 valence electrons. The maximum atomic E-state index is 11.5. The first-order valence-electron chi connectivity index (χ1n) is 7.28. The maximum absolute atomic E-state index is 11.5. The van der Waals surface area contributed by atoms with Crippen molar-refractivity contribution in [3.05, 3.63) is 11.4 Å². The van der Waals surface area contributed by atoms with Gasteiger partial charge in [-0.3, -0.25) is 0 Å². The SMILES string of the molecule is Cc1nc(SC(C)OC(=O)OC(C)C)n(CC(C)C)c1C. The first-order chi connectivity index (χ1) is 9.70. The number of aryl methyl sites for hydroxylation is 1. The first kappa shape index (κ1) is 17.9. The van der Waals surface area contributed by atoms with Crippen LogP contribution in [0.25, 0.3) is 0 Å². The third-order valence-electron chi connectivity index (χ3n) is 2.84. The molecule has 0 bridgehead atoms. The van der Waals surface area contributed by atoms with Gasteiger partial charge in [0.15, 0.2) is 10.6 Å². The lowest BCUT2D eigenvalue weighted by Crippen LogP contribution is -2.18. The zero-order chi connectivity index (χ0) is 16.2. The molecule has 0 aliphatic rings.